The van der Waals surface area contributed by atoms with E-state index in [9.17, 15) is 13.9 Å². The minimum absolute atomic E-state index is 0. The average molecular weight is 406 g/mol. The number of aliphatic hydroxyl groups is 1. The second kappa shape index (κ2) is 7.34. The third-order valence-corrected chi connectivity index (χ3v) is 4.65. The molecule has 9 heteroatoms. The molecule has 0 amide bonds. The molecule has 2 aromatic heterocycles. The number of halogens is 3. The van der Waals surface area contributed by atoms with Crippen LogP contribution in [0.15, 0.2) is 18.2 Å². The standard InChI is InChI=1S/C19H17F2N5O.ClH/c1-2-26-17(11-8-12(20)10-13(21)9-11)25-15-16(22)23-14(24-18(15)26)4-7-19(27)5-3-6-19;/h8-10,27H,2-3,5-6H2,1H3,(H2,22,23,24);1H. The van der Waals surface area contributed by atoms with E-state index in [1.165, 1.54) is 12.1 Å². The molecule has 1 aliphatic rings. The van der Waals surface area contributed by atoms with E-state index in [2.05, 4.69) is 26.8 Å². The van der Waals surface area contributed by atoms with Gasteiger partial charge in [0.2, 0.25) is 5.82 Å². The largest absolute Gasteiger partial charge is 0.382 e. The average Bonchev–Trinajstić information content (AvgIpc) is 2.96. The molecule has 0 spiro atoms. The number of anilines is 1. The quantitative estimate of drug-likeness (QED) is 0.639. The number of aryl methyl sites for hydroxylation is 1. The van der Waals surface area contributed by atoms with Gasteiger partial charge in [-0.2, -0.15) is 0 Å². The summed E-state index contributed by atoms with van der Waals surface area (Å²) in [5, 5.41) is 10.1. The number of hydrogen-bond acceptors (Lipinski definition) is 5. The summed E-state index contributed by atoms with van der Waals surface area (Å²) in [6.07, 6.45) is 2.18. The summed E-state index contributed by atoms with van der Waals surface area (Å²) in [4.78, 5) is 12.9. The zero-order valence-electron chi connectivity index (χ0n) is 15.0. The molecule has 2 heterocycles. The summed E-state index contributed by atoms with van der Waals surface area (Å²) in [5.41, 5.74) is 6.07. The van der Waals surface area contributed by atoms with Crippen LogP contribution in [0, 0.1) is 23.5 Å². The lowest BCUT2D eigenvalue weighted by Crippen LogP contribution is -2.34. The highest BCUT2D eigenvalue weighted by atomic mass is 35.5. The van der Waals surface area contributed by atoms with Crippen LogP contribution < -0.4 is 5.73 Å². The van der Waals surface area contributed by atoms with Gasteiger partial charge in [0.15, 0.2) is 17.0 Å². The molecule has 146 valence electrons. The normalized spacial score (nSPS) is 14.7. The lowest BCUT2D eigenvalue weighted by molar-refractivity contribution is 0.0239. The number of hydrogen-bond donors (Lipinski definition) is 2. The van der Waals surface area contributed by atoms with E-state index in [0.717, 1.165) is 12.5 Å². The van der Waals surface area contributed by atoms with E-state index in [4.69, 9.17) is 5.73 Å². The minimum Gasteiger partial charge on any atom is -0.382 e. The first kappa shape index (κ1) is 20.0. The number of imidazole rings is 1. The van der Waals surface area contributed by atoms with Gasteiger partial charge in [0, 0.05) is 18.2 Å². The minimum atomic E-state index is -0.984. The lowest BCUT2D eigenvalue weighted by atomic mass is 9.81. The van der Waals surface area contributed by atoms with E-state index < -0.39 is 17.2 Å². The maximum atomic E-state index is 13.6. The molecule has 1 saturated carbocycles. The summed E-state index contributed by atoms with van der Waals surface area (Å²) >= 11 is 0. The van der Waals surface area contributed by atoms with Gasteiger partial charge in [-0.15, -0.1) is 12.4 Å². The van der Waals surface area contributed by atoms with Crippen LogP contribution >= 0.6 is 12.4 Å². The predicted octanol–water partition coefficient (Wildman–Crippen LogP) is 3.06. The Hall–Kier alpha value is -2.76. The Morgan fingerprint density at radius 1 is 1.18 bits per heavy atom. The van der Waals surface area contributed by atoms with Crippen LogP contribution in [-0.4, -0.2) is 30.2 Å². The van der Waals surface area contributed by atoms with Gasteiger partial charge in [-0.3, -0.25) is 0 Å². The van der Waals surface area contributed by atoms with Crippen LogP contribution in [0.2, 0.25) is 0 Å². The Morgan fingerprint density at radius 3 is 2.43 bits per heavy atom. The highest BCUT2D eigenvalue weighted by Gasteiger charge is 2.32. The molecular formula is C19H18ClF2N5O. The van der Waals surface area contributed by atoms with Crippen molar-refractivity contribution in [3.63, 3.8) is 0 Å². The van der Waals surface area contributed by atoms with E-state index >= 15 is 0 Å². The fourth-order valence-corrected chi connectivity index (χ4v) is 3.09. The van der Waals surface area contributed by atoms with Gasteiger partial charge in [0.05, 0.1) is 0 Å². The Bertz CT molecular complexity index is 1090. The molecule has 0 atom stereocenters. The van der Waals surface area contributed by atoms with Gasteiger partial charge in [0.1, 0.15) is 23.1 Å². The number of rotatable bonds is 2. The number of nitrogens with zero attached hydrogens (tertiary/aromatic N) is 4. The molecule has 4 rings (SSSR count). The summed E-state index contributed by atoms with van der Waals surface area (Å²) < 4.78 is 29.0. The van der Waals surface area contributed by atoms with Gasteiger partial charge in [0.25, 0.3) is 0 Å². The van der Waals surface area contributed by atoms with Gasteiger partial charge in [-0.1, -0.05) is 5.92 Å². The molecule has 0 bridgehead atoms. The Balaban J connectivity index is 0.00000225. The zero-order chi connectivity index (χ0) is 19.2. The maximum absolute atomic E-state index is 13.6. The van der Waals surface area contributed by atoms with Gasteiger partial charge in [-0.05, 0) is 44.2 Å². The van der Waals surface area contributed by atoms with E-state index in [1.54, 1.807) is 4.57 Å². The molecule has 3 aromatic rings. The summed E-state index contributed by atoms with van der Waals surface area (Å²) in [6, 6.07) is 3.20. The molecule has 1 aliphatic carbocycles. The fourth-order valence-electron chi connectivity index (χ4n) is 3.09. The van der Waals surface area contributed by atoms with Crippen LogP contribution in [0.1, 0.15) is 32.0 Å². The highest BCUT2D eigenvalue weighted by Crippen LogP contribution is 2.31. The lowest BCUT2D eigenvalue weighted by Gasteiger charge is -2.30. The van der Waals surface area contributed by atoms with Crippen LogP contribution in [-0.2, 0) is 6.54 Å². The van der Waals surface area contributed by atoms with E-state index in [-0.39, 0.29) is 29.6 Å². The van der Waals surface area contributed by atoms with E-state index in [0.29, 0.717) is 36.4 Å². The Labute approximate surface area is 166 Å². The maximum Gasteiger partial charge on any atom is 0.209 e. The molecule has 0 unspecified atom stereocenters. The number of nitrogens with two attached hydrogens (primary N) is 1. The van der Waals surface area contributed by atoms with Gasteiger partial charge in [-0.25, -0.2) is 23.7 Å². The van der Waals surface area contributed by atoms with Crippen LogP contribution in [0.4, 0.5) is 14.6 Å². The Kier molecular flexibility index (Phi) is 5.24. The number of aromatic nitrogens is 4. The van der Waals surface area contributed by atoms with Crippen molar-refractivity contribution in [2.24, 2.45) is 0 Å². The van der Waals surface area contributed by atoms with Crippen molar-refractivity contribution >= 4 is 29.4 Å². The zero-order valence-corrected chi connectivity index (χ0v) is 15.9. The first-order valence-electron chi connectivity index (χ1n) is 8.64. The van der Waals surface area contributed by atoms with Crippen LogP contribution in [0.25, 0.3) is 22.6 Å². The van der Waals surface area contributed by atoms with Crippen LogP contribution in [0.5, 0.6) is 0 Å². The summed E-state index contributed by atoms with van der Waals surface area (Å²) in [7, 11) is 0. The third-order valence-electron chi connectivity index (χ3n) is 4.65. The molecule has 1 aromatic carbocycles. The monoisotopic (exact) mass is 405 g/mol. The predicted molar refractivity (Wildman–Crippen MR) is 104 cm³/mol. The molecule has 0 radical (unpaired) electrons. The molecule has 6 nitrogen and oxygen atoms in total. The fraction of sp³-hybridized carbons (Fsp3) is 0.316. The topological polar surface area (TPSA) is 89.9 Å². The smallest absolute Gasteiger partial charge is 0.209 e. The second-order valence-electron chi connectivity index (χ2n) is 6.58. The summed E-state index contributed by atoms with van der Waals surface area (Å²) in [5.74, 6) is 4.81. The van der Waals surface area contributed by atoms with Crippen molar-refractivity contribution in [1.82, 2.24) is 19.5 Å². The number of benzene rings is 1. The molecule has 1 fully saturated rings. The SMILES string of the molecule is CCn1c(-c2cc(F)cc(F)c2)nc2c(N)nc(C#CC3(O)CCC3)nc21.Cl. The summed E-state index contributed by atoms with van der Waals surface area (Å²) in [6.45, 7) is 2.32. The first-order chi connectivity index (χ1) is 12.9. The van der Waals surface area contributed by atoms with Crippen molar-refractivity contribution in [1.29, 1.82) is 0 Å². The van der Waals surface area contributed by atoms with Crippen molar-refractivity contribution in [2.75, 3.05) is 5.73 Å². The van der Waals surface area contributed by atoms with Crippen molar-refractivity contribution in [2.45, 2.75) is 38.3 Å². The first-order valence-corrected chi connectivity index (χ1v) is 8.64. The molecular weight excluding hydrogens is 388 g/mol. The van der Waals surface area contributed by atoms with Gasteiger partial charge >= 0.3 is 0 Å². The number of nitrogen functional groups attached to an aromatic ring is 1. The number of fused-ring (bicyclic) bond motifs is 1. The van der Waals surface area contributed by atoms with E-state index in [1.807, 2.05) is 6.92 Å². The molecule has 0 aliphatic heterocycles. The van der Waals surface area contributed by atoms with Crippen molar-refractivity contribution in [3.8, 4) is 23.2 Å². The van der Waals surface area contributed by atoms with Crippen molar-refractivity contribution in [3.05, 3.63) is 35.7 Å². The molecule has 0 saturated heterocycles. The molecule has 3 N–H and O–H groups in total. The van der Waals surface area contributed by atoms with Gasteiger partial charge < -0.3 is 15.4 Å². The third kappa shape index (κ3) is 3.51. The second-order valence-corrected chi connectivity index (χ2v) is 6.58. The molecule has 28 heavy (non-hydrogen) atoms. The highest BCUT2D eigenvalue weighted by molar-refractivity contribution is 5.86. The van der Waals surface area contributed by atoms with Crippen molar-refractivity contribution < 1.29 is 13.9 Å². The Morgan fingerprint density at radius 2 is 1.86 bits per heavy atom. The van der Waals surface area contributed by atoms with Crippen LogP contribution in [0.3, 0.4) is 0 Å².